The number of imidazole rings is 1. The van der Waals surface area contributed by atoms with Crippen LogP contribution in [0.25, 0.3) is 11.3 Å². The van der Waals surface area contributed by atoms with Crippen molar-refractivity contribution in [2.75, 3.05) is 49.5 Å². The summed E-state index contributed by atoms with van der Waals surface area (Å²) < 4.78 is 20.6. The Morgan fingerprint density at radius 1 is 1.24 bits per heavy atom. The number of ether oxygens (including phenoxy) is 1. The lowest BCUT2D eigenvalue weighted by molar-refractivity contribution is -0.143. The average Bonchev–Trinajstić information content (AvgIpc) is 3.44. The quantitative estimate of drug-likeness (QED) is 0.455. The minimum Gasteiger partial charge on any atom is -0.373 e. The van der Waals surface area contributed by atoms with Crippen molar-refractivity contribution in [2.45, 2.75) is 25.9 Å². The molecule has 4 heterocycles. The lowest BCUT2D eigenvalue weighted by Gasteiger charge is -2.38. The van der Waals surface area contributed by atoms with Crippen LogP contribution in [-0.2, 0) is 9.53 Å². The van der Waals surface area contributed by atoms with Crippen LogP contribution in [-0.4, -0.2) is 77.1 Å². The molecule has 0 radical (unpaired) electrons. The number of pyridine rings is 1. The van der Waals surface area contributed by atoms with Gasteiger partial charge in [0.25, 0.3) is 5.91 Å². The van der Waals surface area contributed by atoms with Crippen molar-refractivity contribution in [1.29, 1.82) is 0 Å². The molecule has 0 bridgehead atoms. The molecule has 3 aromatic rings. The van der Waals surface area contributed by atoms with Crippen LogP contribution in [0.1, 0.15) is 29.2 Å². The number of aromatic amines is 1. The highest BCUT2D eigenvalue weighted by atomic mass is 19.1. The molecular formula is C27H32FN7O3. The molecule has 38 heavy (non-hydrogen) atoms. The third-order valence-corrected chi connectivity index (χ3v) is 7.09. The van der Waals surface area contributed by atoms with Crippen molar-refractivity contribution in [3.05, 3.63) is 60.1 Å². The molecule has 10 nitrogen and oxygen atoms in total. The number of para-hydroxylation sites is 1. The second kappa shape index (κ2) is 11.3. The van der Waals surface area contributed by atoms with E-state index in [4.69, 9.17) is 10.5 Å². The number of nitrogens with zero attached hydrogens (tertiary/aromatic N) is 4. The number of nitrogens with two attached hydrogens (primary N) is 1. The first kappa shape index (κ1) is 25.8. The number of anilines is 2. The first-order valence-corrected chi connectivity index (χ1v) is 12.9. The Kier molecular flexibility index (Phi) is 7.66. The lowest BCUT2D eigenvalue weighted by atomic mass is 9.94. The fourth-order valence-corrected chi connectivity index (χ4v) is 5.08. The Bertz CT molecular complexity index is 1310. The van der Waals surface area contributed by atoms with Gasteiger partial charge in [0.05, 0.1) is 29.8 Å². The number of H-pyrrole nitrogens is 1. The van der Waals surface area contributed by atoms with Crippen LogP contribution in [0.15, 0.2) is 42.7 Å². The number of hydrogen-bond donors (Lipinski definition) is 3. The minimum absolute atomic E-state index is 0.103. The molecule has 11 heteroatoms. The van der Waals surface area contributed by atoms with E-state index in [1.54, 1.807) is 24.5 Å². The van der Waals surface area contributed by atoms with E-state index in [9.17, 15) is 9.59 Å². The predicted octanol–water partition coefficient (Wildman–Crippen LogP) is 2.57. The van der Waals surface area contributed by atoms with Crippen molar-refractivity contribution in [3.63, 3.8) is 0 Å². The molecule has 1 atom stereocenters. The number of aryl methyl sites for hydroxylation is 1. The summed E-state index contributed by atoms with van der Waals surface area (Å²) in [5.74, 6) is -0.813. The summed E-state index contributed by atoms with van der Waals surface area (Å²) in [6, 6.07) is 8.31. The van der Waals surface area contributed by atoms with Gasteiger partial charge in [0.15, 0.2) is 5.82 Å². The van der Waals surface area contributed by atoms with Gasteiger partial charge in [-0.25, -0.2) is 9.37 Å². The Morgan fingerprint density at radius 2 is 2.05 bits per heavy atom. The first-order valence-electron chi connectivity index (χ1n) is 12.9. The Hall–Kier alpha value is -3.83. The summed E-state index contributed by atoms with van der Waals surface area (Å²) in [5, 5.41) is 2.81. The molecule has 200 valence electrons. The third kappa shape index (κ3) is 5.53. The van der Waals surface area contributed by atoms with Crippen LogP contribution < -0.4 is 16.0 Å². The van der Waals surface area contributed by atoms with Gasteiger partial charge < -0.3 is 30.6 Å². The van der Waals surface area contributed by atoms with E-state index in [1.165, 1.54) is 6.07 Å². The van der Waals surface area contributed by atoms with Gasteiger partial charge in [-0.2, -0.15) is 0 Å². The van der Waals surface area contributed by atoms with E-state index in [2.05, 4.69) is 20.3 Å². The number of piperidine rings is 1. The van der Waals surface area contributed by atoms with Crippen LogP contribution in [0.2, 0.25) is 0 Å². The number of halogens is 1. The van der Waals surface area contributed by atoms with E-state index < -0.39 is 11.7 Å². The van der Waals surface area contributed by atoms with Gasteiger partial charge in [-0.1, -0.05) is 6.07 Å². The number of morpholine rings is 1. The maximum atomic E-state index is 15.1. The number of benzene rings is 1. The fourth-order valence-electron chi connectivity index (χ4n) is 5.08. The summed E-state index contributed by atoms with van der Waals surface area (Å²) in [5.41, 5.74) is 8.69. The maximum Gasteiger partial charge on any atom is 0.291 e. The number of carbonyl (C=O) groups is 2. The van der Waals surface area contributed by atoms with Crippen LogP contribution >= 0.6 is 0 Å². The molecule has 2 amide bonds. The zero-order valence-corrected chi connectivity index (χ0v) is 21.3. The molecule has 0 saturated carbocycles. The van der Waals surface area contributed by atoms with E-state index in [0.29, 0.717) is 69.2 Å². The number of hydrogen-bond acceptors (Lipinski definition) is 7. The molecule has 5 rings (SSSR count). The molecule has 1 aromatic carbocycles. The molecule has 2 aliphatic heterocycles. The molecule has 2 saturated heterocycles. The van der Waals surface area contributed by atoms with E-state index >= 15 is 4.39 Å². The van der Waals surface area contributed by atoms with E-state index in [1.807, 2.05) is 28.9 Å². The molecule has 0 spiro atoms. The Morgan fingerprint density at radius 3 is 2.82 bits per heavy atom. The second-order valence-electron chi connectivity index (χ2n) is 9.68. The summed E-state index contributed by atoms with van der Waals surface area (Å²) >= 11 is 0. The monoisotopic (exact) mass is 521 g/mol. The number of amides is 2. The highest BCUT2D eigenvalue weighted by Gasteiger charge is 2.32. The first-order chi connectivity index (χ1) is 18.4. The molecule has 1 unspecified atom stereocenters. The smallest absolute Gasteiger partial charge is 0.291 e. The highest BCUT2D eigenvalue weighted by Crippen LogP contribution is 2.33. The van der Waals surface area contributed by atoms with Crippen LogP contribution in [0, 0.1) is 18.7 Å². The molecule has 2 fully saturated rings. The van der Waals surface area contributed by atoms with Gasteiger partial charge in [0, 0.05) is 62.3 Å². The number of rotatable bonds is 6. The van der Waals surface area contributed by atoms with E-state index in [-0.39, 0.29) is 23.8 Å². The zero-order chi connectivity index (χ0) is 26.6. The van der Waals surface area contributed by atoms with Gasteiger partial charge in [0.1, 0.15) is 5.82 Å². The van der Waals surface area contributed by atoms with Crippen molar-refractivity contribution < 1.29 is 18.7 Å². The summed E-state index contributed by atoms with van der Waals surface area (Å²) in [6.07, 6.45) is 4.40. The molecule has 2 aliphatic rings. The standard InChI is InChI=1S/C27H32FN7O3/c1-17-13-19(5-8-30-17)23-15-31-25(32-23)26(36)33-22-4-2-3-21(28)24(22)34-9-6-18(7-10-34)27(37)35-11-12-38-20(14-29)16-35/h2-5,8,13,15,18,20H,6-7,9-12,14,16,29H2,1H3,(H,31,32)(H,33,36). The number of carbonyl (C=O) groups excluding carboxylic acids is 2. The van der Waals surface area contributed by atoms with Crippen molar-refractivity contribution in [3.8, 4) is 11.3 Å². The molecule has 0 aliphatic carbocycles. The van der Waals surface area contributed by atoms with Gasteiger partial charge >= 0.3 is 0 Å². The normalized spacial score (nSPS) is 18.4. The largest absolute Gasteiger partial charge is 0.373 e. The average molecular weight is 522 g/mol. The van der Waals surface area contributed by atoms with Gasteiger partial charge in [-0.15, -0.1) is 0 Å². The van der Waals surface area contributed by atoms with E-state index in [0.717, 1.165) is 11.3 Å². The van der Waals surface area contributed by atoms with Crippen LogP contribution in [0.3, 0.4) is 0 Å². The van der Waals surface area contributed by atoms with Gasteiger partial charge in [-0.3, -0.25) is 14.6 Å². The summed E-state index contributed by atoms with van der Waals surface area (Å²) in [7, 11) is 0. The zero-order valence-electron chi connectivity index (χ0n) is 21.3. The Balaban J connectivity index is 1.25. The highest BCUT2D eigenvalue weighted by molar-refractivity contribution is 6.04. The third-order valence-electron chi connectivity index (χ3n) is 7.09. The fraction of sp³-hybridized carbons (Fsp3) is 0.407. The number of nitrogens with one attached hydrogen (secondary N) is 2. The summed E-state index contributed by atoms with van der Waals surface area (Å²) in [4.78, 5) is 41.3. The maximum absolute atomic E-state index is 15.1. The SMILES string of the molecule is Cc1cc(-c2c[nH]c(C(=O)Nc3cccc(F)c3N3CCC(C(=O)N4CCOC(CN)C4)CC3)n2)ccn1. The van der Waals surface area contributed by atoms with Crippen molar-refractivity contribution >= 4 is 23.2 Å². The Labute approximate surface area is 220 Å². The predicted molar refractivity (Wildman–Crippen MR) is 141 cm³/mol. The van der Waals surface area contributed by atoms with Crippen LogP contribution in [0.5, 0.6) is 0 Å². The van der Waals surface area contributed by atoms with Gasteiger partial charge in [0.2, 0.25) is 5.91 Å². The van der Waals surface area contributed by atoms with Crippen LogP contribution in [0.4, 0.5) is 15.8 Å². The molecule has 4 N–H and O–H groups in total. The van der Waals surface area contributed by atoms with Crippen molar-refractivity contribution in [2.24, 2.45) is 11.7 Å². The molecular weight excluding hydrogens is 489 g/mol. The summed E-state index contributed by atoms with van der Waals surface area (Å²) in [6.45, 7) is 4.82. The second-order valence-corrected chi connectivity index (χ2v) is 9.68. The topological polar surface area (TPSA) is 129 Å². The minimum atomic E-state index is -0.472. The van der Waals surface area contributed by atoms with Crippen molar-refractivity contribution in [1.82, 2.24) is 19.9 Å². The van der Waals surface area contributed by atoms with Gasteiger partial charge in [-0.05, 0) is 44.0 Å². The lowest BCUT2D eigenvalue weighted by Crippen LogP contribution is -2.51. The number of aromatic nitrogens is 3. The molecule has 2 aromatic heterocycles.